The molecule has 0 unspecified atom stereocenters. The van der Waals surface area contributed by atoms with E-state index < -0.39 is 0 Å². The van der Waals surface area contributed by atoms with Crippen molar-refractivity contribution in [3.8, 4) is 0 Å². The Balaban J connectivity index is 1.93. The summed E-state index contributed by atoms with van der Waals surface area (Å²) < 4.78 is 13.9. The zero-order chi connectivity index (χ0) is 17.4. The summed E-state index contributed by atoms with van der Waals surface area (Å²) >= 11 is 1.68. The van der Waals surface area contributed by atoms with Gasteiger partial charge in [-0.2, -0.15) is 0 Å². The smallest absolute Gasteiger partial charge is 0.317 e. The number of hydrogen-bond donors (Lipinski definition) is 1. The van der Waals surface area contributed by atoms with Crippen LogP contribution >= 0.6 is 11.3 Å². The fraction of sp³-hybridized carbons (Fsp3) is 0.389. The Morgan fingerprint density at radius 2 is 1.96 bits per heavy atom. The van der Waals surface area contributed by atoms with E-state index in [4.69, 9.17) is 0 Å². The second-order valence-corrected chi connectivity index (χ2v) is 6.91. The van der Waals surface area contributed by atoms with E-state index in [9.17, 15) is 9.18 Å². The average molecular weight is 349 g/mol. The van der Waals surface area contributed by atoms with Crippen LogP contribution in [-0.4, -0.2) is 49.6 Å². The standard InChI is InChI=1S/C18H24FN3OS/c1-21(2)11-12-22(14-15-6-3-4-8-17(15)19)18(23)20-10-9-16-7-5-13-24-16/h3-8,13H,9-12,14H2,1-2H3,(H,20,23). The molecule has 1 N–H and O–H groups in total. The minimum Gasteiger partial charge on any atom is -0.338 e. The highest BCUT2D eigenvalue weighted by atomic mass is 32.1. The molecular formula is C18H24FN3OS. The third-order valence-corrected chi connectivity index (χ3v) is 4.59. The van der Waals surface area contributed by atoms with Crippen LogP contribution in [0.25, 0.3) is 0 Å². The minimum atomic E-state index is -0.279. The first-order valence-corrected chi connectivity index (χ1v) is 8.87. The Hall–Kier alpha value is -1.92. The van der Waals surface area contributed by atoms with E-state index in [-0.39, 0.29) is 18.4 Å². The largest absolute Gasteiger partial charge is 0.338 e. The second-order valence-electron chi connectivity index (χ2n) is 5.88. The molecule has 1 aromatic carbocycles. The minimum absolute atomic E-state index is 0.156. The van der Waals surface area contributed by atoms with Crippen molar-refractivity contribution < 1.29 is 9.18 Å². The van der Waals surface area contributed by atoms with Crippen LogP contribution in [0.4, 0.5) is 9.18 Å². The fourth-order valence-corrected chi connectivity index (χ4v) is 2.97. The third kappa shape index (κ3) is 5.94. The Morgan fingerprint density at radius 3 is 2.62 bits per heavy atom. The molecule has 6 heteroatoms. The molecule has 4 nitrogen and oxygen atoms in total. The van der Waals surface area contributed by atoms with Crippen LogP contribution in [0, 0.1) is 5.82 Å². The number of amides is 2. The molecule has 130 valence electrons. The molecule has 2 rings (SSSR count). The van der Waals surface area contributed by atoms with Gasteiger partial charge in [-0.05, 0) is 38.0 Å². The highest BCUT2D eigenvalue weighted by molar-refractivity contribution is 7.09. The van der Waals surface area contributed by atoms with Crippen LogP contribution in [0.2, 0.25) is 0 Å². The van der Waals surface area contributed by atoms with Gasteiger partial charge < -0.3 is 15.1 Å². The maximum atomic E-state index is 13.9. The molecule has 0 atom stereocenters. The number of likely N-dealkylation sites (N-methyl/N-ethyl adjacent to an activating group) is 1. The van der Waals surface area contributed by atoms with Crippen LogP contribution in [0.1, 0.15) is 10.4 Å². The Labute approximate surface area is 146 Å². The number of hydrogen-bond acceptors (Lipinski definition) is 3. The van der Waals surface area contributed by atoms with Crippen molar-refractivity contribution in [1.82, 2.24) is 15.1 Å². The van der Waals surface area contributed by atoms with E-state index in [2.05, 4.69) is 11.4 Å². The van der Waals surface area contributed by atoms with Gasteiger partial charge in [0, 0.05) is 30.1 Å². The molecule has 0 aliphatic carbocycles. The molecular weight excluding hydrogens is 325 g/mol. The molecule has 2 aromatic rings. The van der Waals surface area contributed by atoms with Gasteiger partial charge in [0.1, 0.15) is 5.82 Å². The maximum absolute atomic E-state index is 13.9. The first kappa shape index (κ1) is 18.4. The molecule has 0 spiro atoms. The fourth-order valence-electron chi connectivity index (χ4n) is 2.26. The third-order valence-electron chi connectivity index (χ3n) is 3.65. The van der Waals surface area contributed by atoms with Crippen molar-refractivity contribution in [2.45, 2.75) is 13.0 Å². The van der Waals surface area contributed by atoms with Crippen LogP contribution in [0.15, 0.2) is 41.8 Å². The van der Waals surface area contributed by atoms with Gasteiger partial charge in [0.25, 0.3) is 0 Å². The molecule has 0 bridgehead atoms. The predicted molar refractivity (Wildman–Crippen MR) is 96.8 cm³/mol. The number of urea groups is 1. The molecule has 1 aromatic heterocycles. The maximum Gasteiger partial charge on any atom is 0.317 e. The van der Waals surface area contributed by atoms with Crippen molar-refractivity contribution in [3.05, 3.63) is 58.0 Å². The molecule has 0 aliphatic heterocycles. The zero-order valence-corrected chi connectivity index (χ0v) is 15.0. The Bertz CT molecular complexity index is 631. The number of thiophene rings is 1. The summed E-state index contributed by atoms with van der Waals surface area (Å²) in [5, 5.41) is 4.96. The van der Waals surface area contributed by atoms with E-state index >= 15 is 0 Å². The van der Waals surface area contributed by atoms with E-state index in [0.717, 1.165) is 13.0 Å². The Kier molecular flexibility index (Phi) is 7.21. The van der Waals surface area contributed by atoms with Gasteiger partial charge in [0.2, 0.25) is 0 Å². The zero-order valence-electron chi connectivity index (χ0n) is 14.2. The lowest BCUT2D eigenvalue weighted by Gasteiger charge is -2.25. The monoisotopic (exact) mass is 349 g/mol. The number of rotatable bonds is 8. The van der Waals surface area contributed by atoms with Crippen LogP contribution in [-0.2, 0) is 13.0 Å². The van der Waals surface area contributed by atoms with E-state index in [1.54, 1.807) is 34.4 Å². The number of benzene rings is 1. The summed E-state index contributed by atoms with van der Waals surface area (Å²) in [5.74, 6) is -0.279. The summed E-state index contributed by atoms with van der Waals surface area (Å²) in [5.41, 5.74) is 0.532. The lowest BCUT2D eigenvalue weighted by Crippen LogP contribution is -2.43. The van der Waals surface area contributed by atoms with Crippen molar-refractivity contribution in [1.29, 1.82) is 0 Å². The average Bonchev–Trinajstić information content (AvgIpc) is 3.06. The topological polar surface area (TPSA) is 35.6 Å². The van der Waals surface area contributed by atoms with Crippen molar-refractivity contribution in [2.24, 2.45) is 0 Å². The lowest BCUT2D eigenvalue weighted by molar-refractivity contribution is 0.188. The van der Waals surface area contributed by atoms with E-state index in [1.165, 1.54) is 10.9 Å². The summed E-state index contributed by atoms with van der Waals surface area (Å²) in [6.45, 7) is 2.12. The molecule has 0 aliphatic rings. The predicted octanol–water partition coefficient (Wildman–Crippen LogP) is 3.20. The first-order valence-electron chi connectivity index (χ1n) is 7.99. The quantitative estimate of drug-likeness (QED) is 0.794. The number of nitrogens with one attached hydrogen (secondary N) is 1. The summed E-state index contributed by atoms with van der Waals surface area (Å²) in [6.07, 6.45) is 0.810. The lowest BCUT2D eigenvalue weighted by atomic mass is 10.2. The molecule has 0 saturated carbocycles. The number of halogens is 1. The molecule has 1 heterocycles. The van der Waals surface area contributed by atoms with E-state index in [0.29, 0.717) is 18.7 Å². The first-order chi connectivity index (χ1) is 11.6. The Morgan fingerprint density at radius 1 is 1.17 bits per heavy atom. The number of nitrogens with zero attached hydrogens (tertiary/aromatic N) is 2. The van der Waals surface area contributed by atoms with Crippen molar-refractivity contribution in [2.75, 3.05) is 33.7 Å². The van der Waals surface area contributed by atoms with Crippen LogP contribution in [0.3, 0.4) is 0 Å². The van der Waals surface area contributed by atoms with Crippen LogP contribution < -0.4 is 5.32 Å². The molecule has 0 saturated heterocycles. The second kappa shape index (κ2) is 9.39. The summed E-state index contributed by atoms with van der Waals surface area (Å²) in [4.78, 5) is 17.4. The van der Waals surface area contributed by atoms with Gasteiger partial charge in [0.15, 0.2) is 0 Å². The van der Waals surface area contributed by atoms with Gasteiger partial charge in [-0.15, -0.1) is 11.3 Å². The van der Waals surface area contributed by atoms with Crippen molar-refractivity contribution in [3.63, 3.8) is 0 Å². The van der Waals surface area contributed by atoms with Gasteiger partial charge >= 0.3 is 6.03 Å². The van der Waals surface area contributed by atoms with Gasteiger partial charge in [-0.1, -0.05) is 24.3 Å². The van der Waals surface area contributed by atoms with E-state index in [1.807, 2.05) is 30.4 Å². The normalized spacial score (nSPS) is 10.8. The summed E-state index contributed by atoms with van der Waals surface area (Å²) in [7, 11) is 3.91. The molecule has 0 fully saturated rings. The van der Waals surface area contributed by atoms with Gasteiger partial charge in [0.05, 0.1) is 6.54 Å². The highest BCUT2D eigenvalue weighted by Gasteiger charge is 2.15. The molecule has 0 radical (unpaired) electrons. The van der Waals surface area contributed by atoms with Crippen molar-refractivity contribution >= 4 is 17.4 Å². The van der Waals surface area contributed by atoms with Gasteiger partial charge in [-0.25, -0.2) is 9.18 Å². The SMILES string of the molecule is CN(C)CCN(Cc1ccccc1F)C(=O)NCCc1cccs1. The van der Waals surface area contributed by atoms with Gasteiger partial charge in [-0.3, -0.25) is 0 Å². The molecule has 2 amide bonds. The number of carbonyl (C=O) groups excluding carboxylic acids is 1. The molecule has 24 heavy (non-hydrogen) atoms. The number of carbonyl (C=O) groups is 1. The van der Waals surface area contributed by atoms with Crippen LogP contribution in [0.5, 0.6) is 0 Å². The summed E-state index contributed by atoms with van der Waals surface area (Å²) in [6, 6.07) is 10.5. The highest BCUT2D eigenvalue weighted by Crippen LogP contribution is 2.11.